The number of nitrogens with zero attached hydrogens (tertiary/aromatic N) is 5. The quantitative estimate of drug-likeness (QED) is 0.911. The van der Waals surface area contributed by atoms with E-state index < -0.39 is 0 Å². The molecule has 2 aromatic heterocycles. The number of aromatic nitrogens is 4. The van der Waals surface area contributed by atoms with Crippen molar-refractivity contribution in [3.63, 3.8) is 0 Å². The van der Waals surface area contributed by atoms with Crippen LogP contribution in [0.3, 0.4) is 0 Å². The highest BCUT2D eigenvalue weighted by molar-refractivity contribution is 5.53. The summed E-state index contributed by atoms with van der Waals surface area (Å²) in [7, 11) is 0. The Kier molecular flexibility index (Phi) is 4.58. The molecule has 2 aromatic rings. The molecule has 1 atom stereocenters. The van der Waals surface area contributed by atoms with E-state index in [2.05, 4.69) is 24.6 Å². The van der Waals surface area contributed by atoms with Crippen molar-refractivity contribution in [1.82, 2.24) is 24.6 Å². The van der Waals surface area contributed by atoms with Crippen LogP contribution in [0.4, 0.5) is 0 Å². The van der Waals surface area contributed by atoms with E-state index in [4.69, 9.17) is 0 Å². The Morgan fingerprint density at radius 3 is 2.88 bits per heavy atom. The molecule has 0 amide bonds. The number of aliphatic hydroxyl groups is 1. The van der Waals surface area contributed by atoms with Crippen molar-refractivity contribution in [3.8, 4) is 11.4 Å². The molecule has 128 valence electrons. The number of hydrogen-bond acceptors (Lipinski definition) is 5. The highest BCUT2D eigenvalue weighted by Crippen LogP contribution is 2.29. The van der Waals surface area contributed by atoms with Gasteiger partial charge in [0.1, 0.15) is 5.82 Å². The second-order valence-electron chi connectivity index (χ2n) is 7.11. The minimum atomic E-state index is -0.222. The number of β-amino-alcohol motifs (C(OH)–C–C–N with tert-alkyl or cyclic N) is 1. The molecule has 0 saturated heterocycles. The molecular formula is C18H25N5O. The van der Waals surface area contributed by atoms with Crippen LogP contribution in [0.25, 0.3) is 11.4 Å². The van der Waals surface area contributed by atoms with E-state index in [1.165, 1.54) is 25.7 Å². The molecule has 2 aliphatic rings. The lowest BCUT2D eigenvalue weighted by Gasteiger charge is -2.30. The lowest BCUT2D eigenvalue weighted by Crippen LogP contribution is -2.39. The molecule has 1 fully saturated rings. The topological polar surface area (TPSA) is 67.1 Å². The summed E-state index contributed by atoms with van der Waals surface area (Å²) in [5, 5.41) is 19.1. The second kappa shape index (κ2) is 6.99. The van der Waals surface area contributed by atoms with Gasteiger partial charge in [-0.3, -0.25) is 9.88 Å². The van der Waals surface area contributed by atoms with E-state index in [9.17, 15) is 5.11 Å². The van der Waals surface area contributed by atoms with Gasteiger partial charge in [-0.2, -0.15) is 0 Å². The van der Waals surface area contributed by atoms with E-state index >= 15 is 0 Å². The van der Waals surface area contributed by atoms with Crippen LogP contribution < -0.4 is 0 Å². The van der Waals surface area contributed by atoms with Crippen LogP contribution in [0.2, 0.25) is 0 Å². The molecule has 0 radical (unpaired) electrons. The van der Waals surface area contributed by atoms with Gasteiger partial charge in [0.15, 0.2) is 5.82 Å². The summed E-state index contributed by atoms with van der Waals surface area (Å²) in [6.45, 7) is 3.29. The number of rotatable bonds is 5. The molecule has 6 heteroatoms. The fraction of sp³-hybridized carbons (Fsp3) is 0.611. The number of pyridine rings is 1. The van der Waals surface area contributed by atoms with E-state index in [-0.39, 0.29) is 6.10 Å². The Morgan fingerprint density at radius 1 is 1.21 bits per heavy atom. The molecular weight excluding hydrogens is 302 g/mol. The average Bonchev–Trinajstić information content (AvgIpc) is 3.24. The van der Waals surface area contributed by atoms with Crippen molar-refractivity contribution in [2.24, 2.45) is 5.92 Å². The molecule has 0 spiro atoms. The van der Waals surface area contributed by atoms with Crippen molar-refractivity contribution < 1.29 is 5.11 Å². The van der Waals surface area contributed by atoms with Gasteiger partial charge in [-0.05, 0) is 24.5 Å². The van der Waals surface area contributed by atoms with Crippen molar-refractivity contribution in [2.45, 2.75) is 51.3 Å². The first-order valence-electron chi connectivity index (χ1n) is 9.02. The van der Waals surface area contributed by atoms with E-state index in [0.717, 1.165) is 55.7 Å². The first-order chi connectivity index (χ1) is 11.8. The van der Waals surface area contributed by atoms with Gasteiger partial charge in [-0.1, -0.05) is 25.7 Å². The predicted octanol–water partition coefficient (Wildman–Crippen LogP) is 2.10. The van der Waals surface area contributed by atoms with Crippen molar-refractivity contribution in [2.75, 3.05) is 13.1 Å². The SMILES string of the molecule is OC(CC1CCCC1)CN1CCn2c(nnc2-c2cccnc2)C1. The standard InChI is InChI=1S/C18H25N5O/c24-16(10-14-4-1-2-5-14)12-22-8-9-23-17(13-22)20-21-18(23)15-6-3-7-19-11-15/h3,6-7,11,14,16,24H,1-2,4-5,8-10,12-13H2. The van der Waals surface area contributed by atoms with Gasteiger partial charge in [0.2, 0.25) is 0 Å². The summed E-state index contributed by atoms with van der Waals surface area (Å²) < 4.78 is 2.18. The minimum Gasteiger partial charge on any atom is -0.392 e. The summed E-state index contributed by atoms with van der Waals surface area (Å²) in [5.74, 6) is 2.60. The van der Waals surface area contributed by atoms with Gasteiger partial charge < -0.3 is 9.67 Å². The van der Waals surface area contributed by atoms with Crippen LogP contribution in [0.5, 0.6) is 0 Å². The van der Waals surface area contributed by atoms with Crippen molar-refractivity contribution in [1.29, 1.82) is 0 Å². The maximum absolute atomic E-state index is 10.4. The Balaban J connectivity index is 1.39. The summed E-state index contributed by atoms with van der Waals surface area (Å²) in [6.07, 6.45) is 9.58. The Labute approximate surface area is 142 Å². The monoisotopic (exact) mass is 327 g/mol. The van der Waals surface area contributed by atoms with Gasteiger partial charge in [-0.25, -0.2) is 0 Å². The molecule has 1 aliphatic heterocycles. The van der Waals surface area contributed by atoms with Gasteiger partial charge >= 0.3 is 0 Å². The number of fused-ring (bicyclic) bond motifs is 1. The summed E-state index contributed by atoms with van der Waals surface area (Å²) >= 11 is 0. The molecule has 0 aromatic carbocycles. The fourth-order valence-electron chi connectivity index (χ4n) is 4.08. The zero-order valence-electron chi connectivity index (χ0n) is 14.0. The number of aliphatic hydroxyl groups excluding tert-OH is 1. The van der Waals surface area contributed by atoms with Crippen LogP contribution in [0.15, 0.2) is 24.5 Å². The predicted molar refractivity (Wildman–Crippen MR) is 91.1 cm³/mol. The normalized spacial score (nSPS) is 20.2. The third-order valence-electron chi connectivity index (χ3n) is 5.30. The largest absolute Gasteiger partial charge is 0.392 e. The van der Waals surface area contributed by atoms with Crippen molar-refractivity contribution >= 4 is 0 Å². The summed E-state index contributed by atoms with van der Waals surface area (Å²) in [5.41, 5.74) is 1.01. The third-order valence-corrected chi connectivity index (χ3v) is 5.30. The summed E-state index contributed by atoms with van der Waals surface area (Å²) in [4.78, 5) is 6.47. The third kappa shape index (κ3) is 3.35. The zero-order valence-corrected chi connectivity index (χ0v) is 14.0. The van der Waals surface area contributed by atoms with E-state index in [1.807, 2.05) is 18.3 Å². The van der Waals surface area contributed by atoms with Gasteiger partial charge in [0, 0.05) is 37.6 Å². The van der Waals surface area contributed by atoms with Crippen LogP contribution in [-0.2, 0) is 13.1 Å². The molecule has 1 aliphatic carbocycles. The summed E-state index contributed by atoms with van der Waals surface area (Å²) in [6, 6.07) is 3.94. The molecule has 3 heterocycles. The molecule has 4 rings (SSSR count). The van der Waals surface area contributed by atoms with Gasteiger partial charge in [0.25, 0.3) is 0 Å². The molecule has 6 nitrogen and oxygen atoms in total. The van der Waals surface area contributed by atoms with Gasteiger partial charge in [-0.15, -0.1) is 10.2 Å². The Bertz CT molecular complexity index is 665. The molecule has 1 N–H and O–H groups in total. The Morgan fingerprint density at radius 2 is 2.08 bits per heavy atom. The van der Waals surface area contributed by atoms with E-state index in [1.54, 1.807) is 6.20 Å². The van der Waals surface area contributed by atoms with Crippen LogP contribution in [-0.4, -0.2) is 48.9 Å². The van der Waals surface area contributed by atoms with E-state index in [0.29, 0.717) is 0 Å². The maximum Gasteiger partial charge on any atom is 0.165 e. The zero-order chi connectivity index (χ0) is 16.4. The Hall–Kier alpha value is -1.79. The van der Waals surface area contributed by atoms with Crippen molar-refractivity contribution in [3.05, 3.63) is 30.4 Å². The van der Waals surface area contributed by atoms with Crippen LogP contribution in [0.1, 0.15) is 37.9 Å². The smallest absolute Gasteiger partial charge is 0.165 e. The lowest BCUT2D eigenvalue weighted by atomic mass is 10.00. The maximum atomic E-state index is 10.4. The first kappa shape index (κ1) is 15.7. The number of hydrogen-bond donors (Lipinski definition) is 1. The van der Waals surface area contributed by atoms with Gasteiger partial charge in [0.05, 0.1) is 12.6 Å². The molecule has 24 heavy (non-hydrogen) atoms. The highest BCUT2D eigenvalue weighted by atomic mass is 16.3. The highest BCUT2D eigenvalue weighted by Gasteiger charge is 2.25. The van der Waals surface area contributed by atoms with Crippen LogP contribution >= 0.6 is 0 Å². The molecule has 0 bridgehead atoms. The molecule has 1 saturated carbocycles. The minimum absolute atomic E-state index is 0.222. The fourth-order valence-corrected chi connectivity index (χ4v) is 4.08. The second-order valence-corrected chi connectivity index (χ2v) is 7.11. The first-order valence-corrected chi connectivity index (χ1v) is 9.02. The molecule has 1 unspecified atom stereocenters. The lowest BCUT2D eigenvalue weighted by molar-refractivity contribution is 0.0782. The average molecular weight is 327 g/mol. The van der Waals surface area contributed by atoms with Crippen LogP contribution in [0, 0.1) is 5.92 Å².